The van der Waals surface area contributed by atoms with Crippen LogP contribution in [0.1, 0.15) is 32.6 Å². The first-order valence-electron chi connectivity index (χ1n) is 5.88. The maximum Gasteiger partial charge on any atom is 0.0888 e. The molecule has 1 aliphatic rings. The molecule has 0 aliphatic carbocycles. The van der Waals surface area contributed by atoms with E-state index in [0.29, 0.717) is 0 Å². The van der Waals surface area contributed by atoms with Gasteiger partial charge in [0.2, 0.25) is 0 Å². The number of nitrogens with two attached hydrogens (primary N) is 1. The van der Waals surface area contributed by atoms with Crippen LogP contribution in [0.15, 0.2) is 12.2 Å². The van der Waals surface area contributed by atoms with Crippen LogP contribution in [-0.2, 0) is 9.47 Å². The van der Waals surface area contributed by atoms with Crippen molar-refractivity contribution >= 4 is 0 Å². The number of ether oxygens (including phenoxy) is 2. The molecule has 0 spiro atoms. The van der Waals surface area contributed by atoms with E-state index in [1.807, 2.05) is 6.92 Å². The van der Waals surface area contributed by atoms with Crippen LogP contribution in [0.2, 0.25) is 0 Å². The summed E-state index contributed by atoms with van der Waals surface area (Å²) in [5, 5.41) is 0. The molecule has 1 unspecified atom stereocenters. The van der Waals surface area contributed by atoms with Gasteiger partial charge in [0.15, 0.2) is 0 Å². The standard InChI is InChI=1S/C12H24N2O2/c1-10(2)4-5-11(14-13)12(15-3)6-8-16-9-7-12/h11,14H,1,4-9,13H2,2-3H3. The van der Waals surface area contributed by atoms with Crippen LogP contribution >= 0.6 is 0 Å². The van der Waals surface area contributed by atoms with Gasteiger partial charge in [0.25, 0.3) is 0 Å². The summed E-state index contributed by atoms with van der Waals surface area (Å²) in [6, 6.07) is 0.165. The summed E-state index contributed by atoms with van der Waals surface area (Å²) in [6.45, 7) is 7.46. The Morgan fingerprint density at radius 2 is 2.19 bits per heavy atom. The first kappa shape index (κ1) is 13.6. The molecule has 1 rings (SSSR count). The summed E-state index contributed by atoms with van der Waals surface area (Å²) in [5.74, 6) is 5.65. The molecular weight excluding hydrogens is 204 g/mol. The van der Waals surface area contributed by atoms with Crippen molar-refractivity contribution in [1.82, 2.24) is 5.43 Å². The SMILES string of the molecule is C=C(C)CCC(NN)C1(OC)CCOCC1. The quantitative estimate of drug-likeness (QED) is 0.409. The molecule has 4 nitrogen and oxygen atoms in total. The fourth-order valence-electron chi connectivity index (χ4n) is 2.30. The molecule has 16 heavy (non-hydrogen) atoms. The van der Waals surface area contributed by atoms with Crippen LogP contribution in [0.3, 0.4) is 0 Å². The zero-order chi connectivity index (χ0) is 12.0. The highest BCUT2D eigenvalue weighted by atomic mass is 16.5. The summed E-state index contributed by atoms with van der Waals surface area (Å²) in [4.78, 5) is 0. The van der Waals surface area contributed by atoms with Crippen molar-refractivity contribution in [3.05, 3.63) is 12.2 Å². The van der Waals surface area contributed by atoms with E-state index in [9.17, 15) is 0 Å². The van der Waals surface area contributed by atoms with Crippen LogP contribution in [0, 0.1) is 0 Å². The van der Waals surface area contributed by atoms with Crippen molar-refractivity contribution in [2.45, 2.75) is 44.2 Å². The van der Waals surface area contributed by atoms with Crippen LogP contribution in [-0.4, -0.2) is 32.0 Å². The van der Waals surface area contributed by atoms with E-state index in [0.717, 1.165) is 38.9 Å². The molecule has 94 valence electrons. The number of hydrazine groups is 1. The van der Waals surface area contributed by atoms with Crippen molar-refractivity contribution < 1.29 is 9.47 Å². The highest BCUT2D eigenvalue weighted by Gasteiger charge is 2.39. The Morgan fingerprint density at radius 3 is 2.62 bits per heavy atom. The molecule has 1 saturated heterocycles. The minimum absolute atomic E-state index is 0.165. The summed E-state index contributed by atoms with van der Waals surface area (Å²) < 4.78 is 11.1. The van der Waals surface area contributed by atoms with Crippen molar-refractivity contribution in [3.63, 3.8) is 0 Å². The average Bonchev–Trinajstić information content (AvgIpc) is 2.30. The zero-order valence-electron chi connectivity index (χ0n) is 10.4. The molecule has 0 radical (unpaired) electrons. The van der Waals surface area contributed by atoms with Gasteiger partial charge in [-0.1, -0.05) is 5.57 Å². The second kappa shape index (κ2) is 6.35. The van der Waals surface area contributed by atoms with Crippen LogP contribution in [0.25, 0.3) is 0 Å². The molecule has 3 N–H and O–H groups in total. The molecule has 1 fully saturated rings. The van der Waals surface area contributed by atoms with Gasteiger partial charge in [0.1, 0.15) is 0 Å². The fourth-order valence-corrected chi connectivity index (χ4v) is 2.30. The van der Waals surface area contributed by atoms with Crippen molar-refractivity contribution in [2.75, 3.05) is 20.3 Å². The minimum Gasteiger partial charge on any atom is -0.381 e. The topological polar surface area (TPSA) is 56.5 Å². The highest BCUT2D eigenvalue weighted by molar-refractivity contribution is 4.97. The lowest BCUT2D eigenvalue weighted by molar-refractivity contribution is -0.111. The molecule has 1 atom stereocenters. The number of allylic oxidation sites excluding steroid dienone is 1. The van der Waals surface area contributed by atoms with E-state index < -0.39 is 0 Å². The molecule has 0 saturated carbocycles. The molecular formula is C12H24N2O2. The second-order valence-corrected chi connectivity index (χ2v) is 4.60. The van der Waals surface area contributed by atoms with E-state index in [1.165, 1.54) is 5.57 Å². The van der Waals surface area contributed by atoms with Gasteiger partial charge in [-0.15, -0.1) is 6.58 Å². The molecule has 0 bridgehead atoms. The maximum absolute atomic E-state index is 5.71. The van der Waals surface area contributed by atoms with Crippen LogP contribution < -0.4 is 11.3 Å². The molecule has 0 amide bonds. The predicted molar refractivity (Wildman–Crippen MR) is 65.0 cm³/mol. The van der Waals surface area contributed by atoms with Gasteiger partial charge >= 0.3 is 0 Å². The monoisotopic (exact) mass is 228 g/mol. The molecule has 4 heteroatoms. The zero-order valence-corrected chi connectivity index (χ0v) is 10.4. The molecule has 0 aromatic carbocycles. The third-order valence-corrected chi connectivity index (χ3v) is 3.44. The fraction of sp³-hybridized carbons (Fsp3) is 0.833. The normalized spacial score (nSPS) is 21.7. The number of hydrogen-bond donors (Lipinski definition) is 2. The highest BCUT2D eigenvalue weighted by Crippen LogP contribution is 2.30. The van der Waals surface area contributed by atoms with E-state index in [-0.39, 0.29) is 11.6 Å². The van der Waals surface area contributed by atoms with E-state index in [2.05, 4.69) is 12.0 Å². The van der Waals surface area contributed by atoms with Gasteiger partial charge in [0, 0.05) is 33.2 Å². The smallest absolute Gasteiger partial charge is 0.0888 e. The van der Waals surface area contributed by atoms with Crippen LogP contribution in [0.4, 0.5) is 0 Å². The first-order chi connectivity index (χ1) is 7.64. The number of nitrogens with one attached hydrogen (secondary N) is 1. The van der Waals surface area contributed by atoms with Gasteiger partial charge in [0.05, 0.1) is 11.6 Å². The molecule has 1 aliphatic heterocycles. The first-order valence-corrected chi connectivity index (χ1v) is 5.88. The molecule has 0 aromatic rings. The minimum atomic E-state index is -0.178. The van der Waals surface area contributed by atoms with Crippen molar-refractivity contribution in [3.8, 4) is 0 Å². The number of hydrogen-bond acceptors (Lipinski definition) is 4. The molecule has 0 aromatic heterocycles. The Bertz CT molecular complexity index is 225. The lowest BCUT2D eigenvalue weighted by atomic mass is 9.83. The lowest BCUT2D eigenvalue weighted by Gasteiger charge is -2.42. The van der Waals surface area contributed by atoms with Gasteiger partial charge in [-0.25, -0.2) is 0 Å². The summed E-state index contributed by atoms with van der Waals surface area (Å²) in [6.07, 6.45) is 3.73. The van der Waals surface area contributed by atoms with Crippen LogP contribution in [0.5, 0.6) is 0 Å². The lowest BCUT2D eigenvalue weighted by Crippen LogP contribution is -2.57. The Morgan fingerprint density at radius 1 is 1.56 bits per heavy atom. The largest absolute Gasteiger partial charge is 0.381 e. The second-order valence-electron chi connectivity index (χ2n) is 4.60. The predicted octanol–water partition coefficient (Wildman–Crippen LogP) is 1.37. The van der Waals surface area contributed by atoms with Crippen molar-refractivity contribution in [2.24, 2.45) is 5.84 Å². The van der Waals surface area contributed by atoms with E-state index in [1.54, 1.807) is 7.11 Å². The Hall–Kier alpha value is -0.420. The van der Waals surface area contributed by atoms with E-state index in [4.69, 9.17) is 15.3 Å². The van der Waals surface area contributed by atoms with Crippen molar-refractivity contribution in [1.29, 1.82) is 0 Å². The Balaban J connectivity index is 2.62. The third kappa shape index (κ3) is 3.28. The average molecular weight is 228 g/mol. The number of rotatable bonds is 6. The van der Waals surface area contributed by atoms with E-state index >= 15 is 0 Å². The van der Waals surface area contributed by atoms with Gasteiger partial charge < -0.3 is 9.47 Å². The molecule has 1 heterocycles. The van der Waals surface area contributed by atoms with Gasteiger partial charge in [-0.2, -0.15) is 0 Å². The number of methoxy groups -OCH3 is 1. The third-order valence-electron chi connectivity index (χ3n) is 3.44. The Kier molecular flexibility index (Phi) is 5.41. The summed E-state index contributed by atoms with van der Waals surface area (Å²) in [5.41, 5.74) is 3.90. The summed E-state index contributed by atoms with van der Waals surface area (Å²) >= 11 is 0. The van der Waals surface area contributed by atoms with Gasteiger partial charge in [-0.3, -0.25) is 11.3 Å². The Labute approximate surface area is 98.1 Å². The van der Waals surface area contributed by atoms with Gasteiger partial charge in [-0.05, 0) is 19.8 Å². The summed E-state index contributed by atoms with van der Waals surface area (Å²) in [7, 11) is 1.76. The maximum atomic E-state index is 5.71.